The van der Waals surface area contributed by atoms with Crippen LogP contribution in [0.25, 0.3) is 0 Å². The van der Waals surface area contributed by atoms with E-state index in [0.29, 0.717) is 19.1 Å². The summed E-state index contributed by atoms with van der Waals surface area (Å²) in [7, 11) is 0. The molecule has 104 valence electrons. The van der Waals surface area contributed by atoms with Crippen molar-refractivity contribution < 1.29 is 9.22 Å². The van der Waals surface area contributed by atoms with E-state index in [9.17, 15) is 4.48 Å². The molecular formula is C13H29FN2O. The number of likely N-dealkylation sites (tertiary alicyclic amines) is 1. The fourth-order valence-electron chi connectivity index (χ4n) is 1.96. The molecule has 0 atom stereocenters. The van der Waals surface area contributed by atoms with Crippen molar-refractivity contribution in [2.24, 2.45) is 5.92 Å². The highest BCUT2D eigenvalue weighted by atomic mass is 19.2. The molecule has 1 saturated heterocycles. The molecule has 4 heteroatoms. The van der Waals surface area contributed by atoms with Crippen molar-refractivity contribution in [1.29, 1.82) is 0 Å². The molecule has 0 amide bonds. The third-order valence-corrected chi connectivity index (χ3v) is 3.07. The predicted octanol–water partition coefficient (Wildman–Crippen LogP) is 2.63. The zero-order valence-electron chi connectivity index (χ0n) is 11.7. The molecule has 0 aliphatic carbocycles. The van der Waals surface area contributed by atoms with Gasteiger partial charge in [-0.25, -0.2) is 0 Å². The van der Waals surface area contributed by atoms with Gasteiger partial charge in [-0.1, -0.05) is 20.8 Å². The van der Waals surface area contributed by atoms with Crippen LogP contribution < -0.4 is 5.54 Å². The highest BCUT2D eigenvalue weighted by molar-refractivity contribution is 4.70. The molecule has 1 N–H and O–H groups in total. The standard InChI is InChI=1S/C11H23FN2O.C2H6/c1-2-14-7-4-11(5-8-14)10-15-9-3-6-13-12;1-2/h11,13H,2-10H2,1H3;1-2H3. The Labute approximate surface area is 106 Å². The number of halogens is 1. The van der Waals surface area contributed by atoms with Crippen molar-refractivity contribution >= 4 is 0 Å². The van der Waals surface area contributed by atoms with Gasteiger partial charge in [-0.3, -0.25) is 0 Å². The van der Waals surface area contributed by atoms with Gasteiger partial charge in [0.05, 0.1) is 0 Å². The van der Waals surface area contributed by atoms with Crippen LogP contribution in [-0.4, -0.2) is 44.3 Å². The highest BCUT2D eigenvalue weighted by Crippen LogP contribution is 2.16. The van der Waals surface area contributed by atoms with Crippen molar-refractivity contribution in [1.82, 2.24) is 10.4 Å². The third kappa shape index (κ3) is 8.52. The van der Waals surface area contributed by atoms with E-state index in [-0.39, 0.29) is 0 Å². The van der Waals surface area contributed by atoms with Gasteiger partial charge in [0.1, 0.15) is 0 Å². The van der Waals surface area contributed by atoms with Crippen molar-refractivity contribution in [3.8, 4) is 0 Å². The molecule has 0 saturated carbocycles. The Balaban J connectivity index is 0.00000121. The molecule has 1 aliphatic rings. The Kier molecular flexibility index (Phi) is 12.1. The van der Waals surface area contributed by atoms with Crippen LogP contribution in [0.4, 0.5) is 4.48 Å². The average Bonchev–Trinajstić information content (AvgIpc) is 2.41. The molecular weight excluding hydrogens is 219 g/mol. The number of nitrogens with zero attached hydrogens (tertiary/aromatic N) is 1. The van der Waals surface area contributed by atoms with E-state index in [2.05, 4.69) is 11.8 Å². The van der Waals surface area contributed by atoms with Crippen molar-refractivity contribution in [2.75, 3.05) is 39.4 Å². The smallest absolute Gasteiger partial charge is 0.0495 e. The van der Waals surface area contributed by atoms with Gasteiger partial charge in [-0.2, -0.15) is 5.54 Å². The second-order valence-electron chi connectivity index (χ2n) is 4.19. The third-order valence-electron chi connectivity index (χ3n) is 3.07. The predicted molar refractivity (Wildman–Crippen MR) is 70.7 cm³/mol. The second kappa shape index (κ2) is 12.3. The molecule has 0 aromatic heterocycles. The fourth-order valence-corrected chi connectivity index (χ4v) is 1.96. The van der Waals surface area contributed by atoms with Crippen LogP contribution in [0.2, 0.25) is 0 Å². The van der Waals surface area contributed by atoms with Gasteiger partial charge < -0.3 is 9.64 Å². The first-order valence-electron chi connectivity index (χ1n) is 7.00. The van der Waals surface area contributed by atoms with Gasteiger partial charge in [-0.05, 0) is 44.8 Å². The maximum atomic E-state index is 11.5. The molecule has 0 aromatic carbocycles. The van der Waals surface area contributed by atoms with Crippen LogP contribution in [0.15, 0.2) is 0 Å². The van der Waals surface area contributed by atoms with E-state index in [0.717, 1.165) is 19.6 Å². The molecule has 0 bridgehead atoms. The normalized spacial score (nSPS) is 17.6. The van der Waals surface area contributed by atoms with Gasteiger partial charge in [0.2, 0.25) is 0 Å². The summed E-state index contributed by atoms with van der Waals surface area (Å²) in [6, 6.07) is 0. The van der Waals surface area contributed by atoms with Gasteiger partial charge in [0.25, 0.3) is 0 Å². The van der Waals surface area contributed by atoms with Crippen LogP contribution in [0, 0.1) is 5.92 Å². The van der Waals surface area contributed by atoms with Crippen molar-refractivity contribution in [2.45, 2.75) is 40.0 Å². The number of piperidine rings is 1. The van der Waals surface area contributed by atoms with Crippen molar-refractivity contribution in [3.63, 3.8) is 0 Å². The molecule has 1 fully saturated rings. The molecule has 1 heterocycles. The summed E-state index contributed by atoms with van der Waals surface area (Å²) < 4.78 is 17.1. The summed E-state index contributed by atoms with van der Waals surface area (Å²) in [6.45, 7) is 11.7. The Morgan fingerprint density at radius 3 is 2.47 bits per heavy atom. The van der Waals surface area contributed by atoms with Crippen LogP contribution in [0.3, 0.4) is 0 Å². The van der Waals surface area contributed by atoms with Crippen LogP contribution in [-0.2, 0) is 4.74 Å². The Hall–Kier alpha value is -0.190. The number of ether oxygens (including phenoxy) is 1. The SMILES string of the molecule is CC.CCN1CCC(COCCCNF)CC1. The molecule has 3 nitrogen and oxygen atoms in total. The molecule has 0 spiro atoms. The lowest BCUT2D eigenvalue weighted by Crippen LogP contribution is -2.34. The van der Waals surface area contributed by atoms with Crippen molar-refractivity contribution in [3.05, 3.63) is 0 Å². The van der Waals surface area contributed by atoms with E-state index < -0.39 is 0 Å². The van der Waals surface area contributed by atoms with Crippen LogP contribution >= 0.6 is 0 Å². The summed E-state index contributed by atoms with van der Waals surface area (Å²) in [4.78, 5) is 2.48. The Bertz CT molecular complexity index is 150. The number of rotatable bonds is 7. The van der Waals surface area contributed by atoms with Crippen LogP contribution in [0.5, 0.6) is 0 Å². The molecule has 0 aromatic rings. The zero-order chi connectivity index (χ0) is 12.9. The minimum Gasteiger partial charge on any atom is -0.381 e. The largest absolute Gasteiger partial charge is 0.381 e. The molecule has 1 rings (SSSR count). The average molecular weight is 248 g/mol. The van der Waals surface area contributed by atoms with E-state index >= 15 is 0 Å². The molecule has 0 radical (unpaired) electrons. The maximum absolute atomic E-state index is 11.5. The molecule has 0 unspecified atom stereocenters. The lowest BCUT2D eigenvalue weighted by molar-refractivity contribution is 0.0653. The van der Waals surface area contributed by atoms with Gasteiger partial charge in [-0.15, -0.1) is 4.48 Å². The Morgan fingerprint density at radius 2 is 1.94 bits per heavy atom. The zero-order valence-corrected chi connectivity index (χ0v) is 11.7. The first kappa shape index (κ1) is 16.8. The lowest BCUT2D eigenvalue weighted by atomic mass is 9.98. The van der Waals surface area contributed by atoms with E-state index in [4.69, 9.17) is 4.74 Å². The maximum Gasteiger partial charge on any atom is 0.0495 e. The van der Waals surface area contributed by atoms with Gasteiger partial charge in [0, 0.05) is 19.8 Å². The number of hydrogen-bond donors (Lipinski definition) is 1. The number of nitrogens with one attached hydrogen (secondary N) is 1. The fraction of sp³-hybridized carbons (Fsp3) is 1.00. The minimum atomic E-state index is 0.397. The van der Waals surface area contributed by atoms with Gasteiger partial charge in [0.15, 0.2) is 0 Å². The van der Waals surface area contributed by atoms with E-state index in [1.54, 1.807) is 5.54 Å². The minimum absolute atomic E-state index is 0.397. The number of hydrogen-bond acceptors (Lipinski definition) is 3. The first-order valence-corrected chi connectivity index (χ1v) is 7.00. The summed E-state index contributed by atoms with van der Waals surface area (Å²) in [5, 5.41) is 0. The summed E-state index contributed by atoms with van der Waals surface area (Å²) >= 11 is 0. The van der Waals surface area contributed by atoms with E-state index in [1.165, 1.54) is 25.9 Å². The monoisotopic (exact) mass is 248 g/mol. The second-order valence-corrected chi connectivity index (χ2v) is 4.19. The summed E-state index contributed by atoms with van der Waals surface area (Å²) in [5.74, 6) is 0.714. The Morgan fingerprint density at radius 1 is 1.29 bits per heavy atom. The van der Waals surface area contributed by atoms with E-state index in [1.807, 2.05) is 13.8 Å². The van der Waals surface area contributed by atoms with Crippen LogP contribution in [0.1, 0.15) is 40.0 Å². The first-order chi connectivity index (χ1) is 8.36. The summed E-state index contributed by atoms with van der Waals surface area (Å²) in [6.07, 6.45) is 3.24. The molecule has 17 heavy (non-hydrogen) atoms. The quantitative estimate of drug-likeness (QED) is 0.554. The highest BCUT2D eigenvalue weighted by Gasteiger charge is 2.17. The molecule has 1 aliphatic heterocycles. The lowest BCUT2D eigenvalue weighted by Gasteiger charge is -2.30. The summed E-state index contributed by atoms with van der Waals surface area (Å²) in [5.41, 5.74) is 1.63. The topological polar surface area (TPSA) is 24.5 Å². The van der Waals surface area contributed by atoms with Gasteiger partial charge >= 0.3 is 0 Å².